The van der Waals surface area contributed by atoms with Gasteiger partial charge in [0.25, 0.3) is 5.91 Å². The number of carbonyl (C=O) groups excluding carboxylic acids is 1. The number of amides is 1. The number of anilines is 2. The lowest BCUT2D eigenvalue weighted by molar-refractivity contribution is -0.137. The molecular weight excluding hydrogens is 473 g/mol. The quantitative estimate of drug-likeness (QED) is 0.301. The summed E-state index contributed by atoms with van der Waals surface area (Å²) in [6.07, 6.45) is -2.26. The summed E-state index contributed by atoms with van der Waals surface area (Å²) >= 11 is 0. The van der Waals surface area contributed by atoms with Crippen molar-refractivity contribution >= 4 is 17.3 Å². The number of nitrogens with zero attached hydrogens (tertiary/aromatic N) is 1. The van der Waals surface area contributed by atoms with Crippen molar-refractivity contribution in [2.45, 2.75) is 24.9 Å². The Labute approximate surface area is 214 Å². The summed E-state index contributed by atoms with van der Waals surface area (Å²) < 4.78 is 38.8. The van der Waals surface area contributed by atoms with Crippen molar-refractivity contribution in [1.82, 2.24) is 0 Å². The first-order chi connectivity index (χ1) is 17.9. The molecule has 0 radical (unpaired) electrons. The van der Waals surface area contributed by atoms with Gasteiger partial charge in [0.15, 0.2) is 0 Å². The Morgan fingerprint density at radius 1 is 0.757 bits per heavy atom. The molecule has 1 amide bonds. The van der Waals surface area contributed by atoms with E-state index in [1.165, 1.54) is 23.4 Å². The number of piperidine rings is 1. The second-order valence-electron chi connectivity index (χ2n) is 9.29. The highest BCUT2D eigenvalue weighted by Crippen LogP contribution is 2.33. The predicted octanol–water partition coefficient (Wildman–Crippen LogP) is 8.01. The van der Waals surface area contributed by atoms with E-state index in [4.69, 9.17) is 0 Å². The summed E-state index contributed by atoms with van der Waals surface area (Å²) in [5.74, 6) is 0.171. The Balaban J connectivity index is 1.24. The second kappa shape index (κ2) is 10.5. The van der Waals surface area contributed by atoms with Crippen LogP contribution in [0.25, 0.3) is 11.1 Å². The van der Waals surface area contributed by atoms with Gasteiger partial charge in [-0.05, 0) is 77.9 Å². The lowest BCUT2D eigenvalue weighted by Gasteiger charge is -2.34. The first kappa shape index (κ1) is 24.6. The smallest absolute Gasteiger partial charge is 0.371 e. The van der Waals surface area contributed by atoms with Gasteiger partial charge in [-0.2, -0.15) is 13.2 Å². The Kier molecular flexibility index (Phi) is 6.99. The molecule has 188 valence electrons. The normalized spacial score (nSPS) is 14.4. The second-order valence-corrected chi connectivity index (χ2v) is 9.29. The van der Waals surface area contributed by atoms with Crippen molar-refractivity contribution < 1.29 is 18.0 Å². The van der Waals surface area contributed by atoms with Crippen molar-refractivity contribution in [3.05, 3.63) is 120 Å². The van der Waals surface area contributed by atoms with Crippen molar-refractivity contribution in [2.24, 2.45) is 0 Å². The average molecular weight is 501 g/mol. The van der Waals surface area contributed by atoms with Crippen LogP contribution >= 0.6 is 0 Å². The van der Waals surface area contributed by atoms with Crippen LogP contribution in [0.15, 0.2) is 103 Å². The number of para-hydroxylation sites is 1. The molecule has 0 bridgehead atoms. The highest BCUT2D eigenvalue weighted by molar-refractivity contribution is 6.08. The van der Waals surface area contributed by atoms with Gasteiger partial charge >= 0.3 is 6.18 Å². The van der Waals surface area contributed by atoms with Gasteiger partial charge in [0.1, 0.15) is 0 Å². The number of nitrogens with one attached hydrogen (secondary N) is 1. The molecule has 37 heavy (non-hydrogen) atoms. The van der Waals surface area contributed by atoms with Gasteiger partial charge in [-0.3, -0.25) is 4.79 Å². The van der Waals surface area contributed by atoms with Gasteiger partial charge in [0, 0.05) is 30.0 Å². The molecule has 6 heteroatoms. The zero-order valence-corrected chi connectivity index (χ0v) is 20.2. The maximum Gasteiger partial charge on any atom is 0.416 e. The van der Waals surface area contributed by atoms with Crippen LogP contribution in [-0.2, 0) is 6.18 Å². The molecule has 3 nitrogen and oxygen atoms in total. The first-order valence-electron chi connectivity index (χ1n) is 12.4. The van der Waals surface area contributed by atoms with Crippen LogP contribution in [0, 0.1) is 0 Å². The summed E-state index contributed by atoms with van der Waals surface area (Å²) in [4.78, 5) is 15.5. The number of hydrogen-bond acceptors (Lipinski definition) is 2. The third-order valence-electron chi connectivity index (χ3n) is 6.95. The van der Waals surface area contributed by atoms with Crippen LogP contribution in [0.1, 0.15) is 40.2 Å². The van der Waals surface area contributed by atoms with E-state index in [1.54, 1.807) is 24.3 Å². The number of halogens is 3. The van der Waals surface area contributed by atoms with Crippen molar-refractivity contribution in [3.8, 4) is 11.1 Å². The number of rotatable bonds is 5. The molecule has 5 rings (SSSR count). The highest BCUT2D eigenvalue weighted by Gasteiger charge is 2.30. The molecule has 4 aromatic rings. The van der Waals surface area contributed by atoms with Gasteiger partial charge in [-0.1, -0.05) is 60.7 Å². The fourth-order valence-electron chi connectivity index (χ4n) is 4.92. The van der Waals surface area contributed by atoms with Crippen LogP contribution in [0.3, 0.4) is 0 Å². The molecule has 1 heterocycles. The SMILES string of the molecule is O=C(Nc1ccc(C2CCN(c3ccccc3)CC2)cc1)c1ccccc1-c1ccc(C(F)(F)F)cc1. The third kappa shape index (κ3) is 5.69. The molecule has 0 saturated carbocycles. The highest BCUT2D eigenvalue weighted by atomic mass is 19.4. The largest absolute Gasteiger partial charge is 0.416 e. The molecule has 1 aliphatic heterocycles. The van der Waals surface area contributed by atoms with Crippen LogP contribution in [0.5, 0.6) is 0 Å². The first-order valence-corrected chi connectivity index (χ1v) is 12.4. The van der Waals surface area contributed by atoms with E-state index in [0.29, 0.717) is 28.3 Å². The molecule has 0 spiro atoms. The fraction of sp³-hybridized carbons (Fsp3) is 0.194. The molecule has 0 unspecified atom stereocenters. The summed E-state index contributed by atoms with van der Waals surface area (Å²) in [6.45, 7) is 2.02. The summed E-state index contributed by atoms with van der Waals surface area (Å²) in [7, 11) is 0. The van der Waals surface area contributed by atoms with E-state index in [2.05, 4.69) is 46.6 Å². The van der Waals surface area contributed by atoms with Crippen molar-refractivity contribution in [3.63, 3.8) is 0 Å². The Morgan fingerprint density at radius 2 is 1.38 bits per heavy atom. The molecule has 0 atom stereocenters. The van der Waals surface area contributed by atoms with E-state index in [9.17, 15) is 18.0 Å². The molecule has 1 fully saturated rings. The molecular formula is C31H27F3N2O. The van der Waals surface area contributed by atoms with E-state index >= 15 is 0 Å². The molecule has 1 N–H and O–H groups in total. The third-order valence-corrected chi connectivity index (χ3v) is 6.95. The predicted molar refractivity (Wildman–Crippen MR) is 142 cm³/mol. The Morgan fingerprint density at radius 3 is 2.03 bits per heavy atom. The van der Waals surface area contributed by atoms with Gasteiger partial charge in [-0.25, -0.2) is 0 Å². The average Bonchev–Trinajstić information content (AvgIpc) is 2.94. The Hall–Kier alpha value is -4.06. The van der Waals surface area contributed by atoms with E-state index in [1.807, 2.05) is 18.2 Å². The summed E-state index contributed by atoms with van der Waals surface area (Å²) in [6, 6.07) is 30.2. The number of alkyl halides is 3. The monoisotopic (exact) mass is 500 g/mol. The molecule has 1 aliphatic rings. The van der Waals surface area contributed by atoms with E-state index < -0.39 is 11.7 Å². The lowest BCUT2D eigenvalue weighted by atomic mass is 9.89. The zero-order valence-electron chi connectivity index (χ0n) is 20.2. The lowest BCUT2D eigenvalue weighted by Crippen LogP contribution is -2.32. The van der Waals surface area contributed by atoms with Gasteiger partial charge < -0.3 is 10.2 Å². The zero-order chi connectivity index (χ0) is 25.8. The maximum absolute atomic E-state index is 13.1. The van der Waals surface area contributed by atoms with Gasteiger partial charge in [-0.15, -0.1) is 0 Å². The minimum atomic E-state index is -4.40. The topological polar surface area (TPSA) is 32.3 Å². The van der Waals surface area contributed by atoms with Gasteiger partial charge in [0.2, 0.25) is 0 Å². The molecule has 0 aromatic heterocycles. The number of carbonyl (C=O) groups is 1. The molecule has 1 saturated heterocycles. The molecule has 0 aliphatic carbocycles. The van der Waals surface area contributed by atoms with Gasteiger partial charge in [0.05, 0.1) is 5.56 Å². The van der Waals surface area contributed by atoms with E-state index in [0.717, 1.165) is 38.1 Å². The minimum absolute atomic E-state index is 0.306. The fourth-order valence-corrected chi connectivity index (χ4v) is 4.92. The number of benzene rings is 4. The van der Waals surface area contributed by atoms with Crippen LogP contribution < -0.4 is 10.2 Å². The molecule has 4 aromatic carbocycles. The Bertz CT molecular complexity index is 1340. The van der Waals surface area contributed by atoms with Crippen LogP contribution in [0.2, 0.25) is 0 Å². The van der Waals surface area contributed by atoms with E-state index in [-0.39, 0.29) is 5.91 Å². The summed E-state index contributed by atoms with van der Waals surface area (Å²) in [5.41, 5.74) is 4.01. The van der Waals surface area contributed by atoms with Crippen molar-refractivity contribution in [1.29, 1.82) is 0 Å². The standard InChI is InChI=1S/C31H27F3N2O/c32-31(33,34)25-14-10-24(11-15-25)28-8-4-5-9-29(28)30(37)35-26-16-12-22(13-17-26)23-18-20-36(21-19-23)27-6-2-1-3-7-27/h1-17,23H,18-21H2,(H,35,37). The van der Waals surface area contributed by atoms with Crippen molar-refractivity contribution in [2.75, 3.05) is 23.3 Å². The van der Waals surface area contributed by atoms with Crippen LogP contribution in [-0.4, -0.2) is 19.0 Å². The minimum Gasteiger partial charge on any atom is -0.371 e. The maximum atomic E-state index is 13.1. The number of hydrogen-bond donors (Lipinski definition) is 1. The summed E-state index contributed by atoms with van der Waals surface area (Å²) in [5, 5.41) is 2.94. The van der Waals surface area contributed by atoms with Crippen LogP contribution in [0.4, 0.5) is 24.5 Å².